The van der Waals surface area contributed by atoms with Crippen LogP contribution in [0.3, 0.4) is 0 Å². The first-order valence-corrected chi connectivity index (χ1v) is 7.76. The van der Waals surface area contributed by atoms with Crippen molar-refractivity contribution < 1.29 is 14.6 Å². The van der Waals surface area contributed by atoms with Gasteiger partial charge in [-0.15, -0.1) is 11.3 Å². The number of hydrogen-bond acceptors (Lipinski definition) is 4. The topological polar surface area (TPSA) is 49.8 Å². The van der Waals surface area contributed by atoms with Crippen molar-refractivity contribution in [3.8, 4) is 5.75 Å². The SMILES string of the molecule is COc1ccc2sc(C(=O)N(C)CCC(C)O)c(C)c2c1. The zero-order chi connectivity index (χ0) is 15.6. The van der Waals surface area contributed by atoms with E-state index in [1.54, 1.807) is 26.0 Å². The second-order valence-corrected chi connectivity index (χ2v) is 6.33. The maximum absolute atomic E-state index is 12.5. The average Bonchev–Trinajstić information content (AvgIpc) is 2.80. The van der Waals surface area contributed by atoms with Crippen molar-refractivity contribution in [3.05, 3.63) is 28.6 Å². The Morgan fingerprint density at radius 1 is 1.48 bits per heavy atom. The van der Waals surface area contributed by atoms with E-state index in [0.29, 0.717) is 13.0 Å². The van der Waals surface area contributed by atoms with Gasteiger partial charge in [0.2, 0.25) is 0 Å². The predicted molar refractivity (Wildman–Crippen MR) is 86.4 cm³/mol. The third-order valence-electron chi connectivity index (χ3n) is 3.57. The van der Waals surface area contributed by atoms with Crippen LogP contribution in [-0.2, 0) is 0 Å². The number of amides is 1. The summed E-state index contributed by atoms with van der Waals surface area (Å²) in [4.78, 5) is 14.9. The molecule has 0 spiro atoms. The molecule has 0 aliphatic rings. The van der Waals surface area contributed by atoms with Crippen LogP contribution in [0.25, 0.3) is 10.1 Å². The molecular weight excluding hydrogens is 286 g/mol. The number of nitrogens with zero attached hydrogens (tertiary/aromatic N) is 1. The van der Waals surface area contributed by atoms with Gasteiger partial charge in [-0.1, -0.05) is 0 Å². The summed E-state index contributed by atoms with van der Waals surface area (Å²) in [6.07, 6.45) is 0.188. The third-order valence-corrected chi connectivity index (χ3v) is 4.83. The van der Waals surface area contributed by atoms with Crippen LogP contribution in [-0.4, -0.2) is 42.7 Å². The van der Waals surface area contributed by atoms with E-state index in [-0.39, 0.29) is 5.91 Å². The Labute approximate surface area is 129 Å². The summed E-state index contributed by atoms with van der Waals surface area (Å²) in [7, 11) is 3.41. The molecule has 2 rings (SSSR count). The molecule has 5 heteroatoms. The minimum Gasteiger partial charge on any atom is -0.497 e. The van der Waals surface area contributed by atoms with E-state index in [4.69, 9.17) is 4.74 Å². The van der Waals surface area contributed by atoms with Crippen LogP contribution >= 0.6 is 11.3 Å². The molecule has 1 aromatic heterocycles. The van der Waals surface area contributed by atoms with Crippen molar-refractivity contribution >= 4 is 27.3 Å². The Balaban J connectivity index is 2.29. The third kappa shape index (κ3) is 3.36. The van der Waals surface area contributed by atoms with Crippen LogP contribution < -0.4 is 4.74 Å². The van der Waals surface area contributed by atoms with Gasteiger partial charge in [0.1, 0.15) is 5.75 Å². The summed E-state index contributed by atoms with van der Waals surface area (Å²) < 4.78 is 6.32. The van der Waals surface area contributed by atoms with Crippen LogP contribution in [0.15, 0.2) is 18.2 Å². The lowest BCUT2D eigenvalue weighted by molar-refractivity contribution is 0.0773. The molecule has 1 N–H and O–H groups in total. The summed E-state index contributed by atoms with van der Waals surface area (Å²) in [6, 6.07) is 5.86. The number of carbonyl (C=O) groups is 1. The fourth-order valence-electron chi connectivity index (χ4n) is 2.19. The van der Waals surface area contributed by atoms with Crippen molar-refractivity contribution in [1.82, 2.24) is 4.90 Å². The summed E-state index contributed by atoms with van der Waals surface area (Å²) >= 11 is 1.50. The fraction of sp³-hybridized carbons (Fsp3) is 0.438. The average molecular weight is 307 g/mol. The van der Waals surface area contributed by atoms with Gasteiger partial charge in [-0.05, 0) is 49.4 Å². The largest absolute Gasteiger partial charge is 0.497 e. The van der Waals surface area contributed by atoms with Gasteiger partial charge in [-0.2, -0.15) is 0 Å². The van der Waals surface area contributed by atoms with Gasteiger partial charge in [0.05, 0.1) is 18.1 Å². The molecule has 2 aromatic rings. The lowest BCUT2D eigenvalue weighted by Gasteiger charge is -2.17. The first-order chi connectivity index (χ1) is 9.93. The smallest absolute Gasteiger partial charge is 0.263 e. The molecule has 1 unspecified atom stereocenters. The second-order valence-electron chi connectivity index (χ2n) is 5.28. The highest BCUT2D eigenvalue weighted by Gasteiger charge is 2.19. The standard InChI is InChI=1S/C16H21NO3S/c1-10(18)7-8-17(3)16(19)15-11(2)13-9-12(20-4)5-6-14(13)21-15/h5-6,9-10,18H,7-8H2,1-4H3. The van der Waals surface area contributed by atoms with Crippen LogP contribution in [0.5, 0.6) is 5.75 Å². The molecule has 4 nitrogen and oxygen atoms in total. The maximum atomic E-state index is 12.5. The molecule has 0 saturated heterocycles. The zero-order valence-electron chi connectivity index (χ0n) is 12.8. The highest BCUT2D eigenvalue weighted by molar-refractivity contribution is 7.21. The molecule has 114 valence electrons. The summed E-state index contributed by atoms with van der Waals surface area (Å²) in [5.41, 5.74) is 0.989. The Bertz CT molecular complexity index is 648. The zero-order valence-corrected chi connectivity index (χ0v) is 13.7. The lowest BCUT2D eigenvalue weighted by atomic mass is 10.1. The van der Waals surface area contributed by atoms with E-state index in [2.05, 4.69) is 0 Å². The maximum Gasteiger partial charge on any atom is 0.263 e. The molecule has 0 fully saturated rings. The van der Waals surface area contributed by atoms with Gasteiger partial charge in [0.15, 0.2) is 0 Å². The highest BCUT2D eigenvalue weighted by atomic mass is 32.1. The van der Waals surface area contributed by atoms with Gasteiger partial charge >= 0.3 is 0 Å². The highest BCUT2D eigenvalue weighted by Crippen LogP contribution is 2.33. The number of hydrogen-bond donors (Lipinski definition) is 1. The normalized spacial score (nSPS) is 12.4. The van der Waals surface area contributed by atoms with Gasteiger partial charge in [-0.3, -0.25) is 4.79 Å². The summed E-state index contributed by atoms with van der Waals surface area (Å²) in [6.45, 7) is 4.25. The Hall–Kier alpha value is -1.59. The number of thiophene rings is 1. The lowest BCUT2D eigenvalue weighted by Crippen LogP contribution is -2.29. The Morgan fingerprint density at radius 2 is 2.19 bits per heavy atom. The minimum absolute atomic E-state index is 0.00770. The van der Waals surface area contributed by atoms with Crippen LogP contribution in [0.1, 0.15) is 28.6 Å². The summed E-state index contributed by atoms with van der Waals surface area (Å²) in [5, 5.41) is 10.4. The number of carbonyl (C=O) groups excluding carboxylic acids is 1. The number of ether oxygens (including phenoxy) is 1. The van der Waals surface area contributed by atoms with E-state index in [0.717, 1.165) is 26.3 Å². The summed E-state index contributed by atoms with van der Waals surface area (Å²) in [5.74, 6) is 0.804. The van der Waals surface area contributed by atoms with E-state index in [1.165, 1.54) is 11.3 Å². The molecule has 0 bridgehead atoms. The minimum atomic E-state index is -0.395. The number of fused-ring (bicyclic) bond motifs is 1. The molecule has 1 amide bonds. The van der Waals surface area contributed by atoms with Crippen molar-refractivity contribution in [2.75, 3.05) is 20.7 Å². The Kier molecular flexibility index (Phi) is 4.85. The van der Waals surface area contributed by atoms with Crippen molar-refractivity contribution in [1.29, 1.82) is 0 Å². The van der Waals surface area contributed by atoms with Crippen molar-refractivity contribution in [3.63, 3.8) is 0 Å². The first-order valence-electron chi connectivity index (χ1n) is 6.94. The van der Waals surface area contributed by atoms with E-state index in [9.17, 15) is 9.90 Å². The molecule has 0 aliphatic carbocycles. The fourth-order valence-corrected chi connectivity index (χ4v) is 3.37. The molecule has 1 aromatic carbocycles. The van der Waals surface area contributed by atoms with Crippen molar-refractivity contribution in [2.24, 2.45) is 0 Å². The molecular formula is C16H21NO3S. The van der Waals surface area contributed by atoms with E-state index < -0.39 is 6.10 Å². The van der Waals surface area contributed by atoms with E-state index in [1.807, 2.05) is 25.1 Å². The molecule has 1 heterocycles. The molecule has 21 heavy (non-hydrogen) atoms. The quantitative estimate of drug-likeness (QED) is 0.923. The van der Waals surface area contributed by atoms with Crippen molar-refractivity contribution in [2.45, 2.75) is 26.4 Å². The van der Waals surface area contributed by atoms with Gasteiger partial charge in [0.25, 0.3) is 5.91 Å². The van der Waals surface area contributed by atoms with Crippen LogP contribution in [0.4, 0.5) is 0 Å². The second kappa shape index (κ2) is 6.45. The number of aliphatic hydroxyl groups excluding tert-OH is 1. The number of aliphatic hydroxyl groups is 1. The molecule has 0 radical (unpaired) electrons. The van der Waals surface area contributed by atoms with Crippen LogP contribution in [0, 0.1) is 6.92 Å². The molecule has 1 atom stereocenters. The van der Waals surface area contributed by atoms with Gasteiger partial charge < -0.3 is 14.7 Å². The predicted octanol–water partition coefficient (Wildman–Crippen LogP) is 3.06. The van der Waals surface area contributed by atoms with E-state index >= 15 is 0 Å². The first kappa shape index (κ1) is 15.8. The number of methoxy groups -OCH3 is 1. The Morgan fingerprint density at radius 3 is 2.81 bits per heavy atom. The monoisotopic (exact) mass is 307 g/mol. The van der Waals surface area contributed by atoms with Gasteiger partial charge in [-0.25, -0.2) is 0 Å². The number of aryl methyl sites for hydroxylation is 1. The molecule has 0 aliphatic heterocycles. The number of benzene rings is 1. The number of rotatable bonds is 5. The van der Waals surface area contributed by atoms with Gasteiger partial charge in [0, 0.05) is 18.3 Å². The van der Waals surface area contributed by atoms with Crippen LogP contribution in [0.2, 0.25) is 0 Å². The molecule has 0 saturated carbocycles.